The molecule has 1 amide bonds. The molecule has 1 aliphatic heterocycles. The van der Waals surface area contributed by atoms with Crippen LogP contribution in [0.5, 0.6) is 0 Å². The molecule has 0 aliphatic carbocycles. The minimum absolute atomic E-state index is 0.190. The van der Waals surface area contributed by atoms with Crippen molar-refractivity contribution in [2.24, 2.45) is 0 Å². The number of hydrogen-bond donors (Lipinski definition) is 6. The summed E-state index contributed by atoms with van der Waals surface area (Å²) in [6.45, 7) is 3.74. The van der Waals surface area contributed by atoms with Gasteiger partial charge in [0.05, 0.1) is 25.4 Å². The predicted octanol–water partition coefficient (Wildman–Crippen LogP) is 14.7. The minimum Gasteiger partial charge on any atom is -0.394 e. The molecule has 9 nitrogen and oxygen atoms in total. The maximum absolute atomic E-state index is 13.0. The van der Waals surface area contributed by atoms with Crippen LogP contribution >= 0.6 is 0 Å². The van der Waals surface area contributed by atoms with Crippen LogP contribution in [0.25, 0.3) is 0 Å². The zero-order chi connectivity index (χ0) is 50.8. The largest absolute Gasteiger partial charge is 0.394 e. The van der Waals surface area contributed by atoms with Crippen molar-refractivity contribution in [2.75, 3.05) is 13.2 Å². The van der Waals surface area contributed by atoms with Gasteiger partial charge in [0.2, 0.25) is 5.91 Å². The van der Waals surface area contributed by atoms with Gasteiger partial charge in [0.15, 0.2) is 6.29 Å². The zero-order valence-electron chi connectivity index (χ0n) is 45.3. The number of ether oxygens (including phenoxy) is 2. The summed E-state index contributed by atoms with van der Waals surface area (Å²) in [7, 11) is 0. The highest BCUT2D eigenvalue weighted by Gasteiger charge is 2.44. The maximum atomic E-state index is 13.0. The monoisotopic (exact) mass is 986 g/mol. The number of unbranched alkanes of at least 4 members (excludes halogenated alkanes) is 32. The van der Waals surface area contributed by atoms with Crippen LogP contribution < -0.4 is 5.32 Å². The lowest BCUT2D eigenvalue weighted by atomic mass is 9.99. The van der Waals surface area contributed by atoms with Crippen LogP contribution in [0.4, 0.5) is 0 Å². The number of carbonyl (C=O) groups excluding carboxylic acids is 1. The Morgan fingerprint density at radius 1 is 0.486 bits per heavy atom. The lowest BCUT2D eigenvalue weighted by Crippen LogP contribution is -2.60. The van der Waals surface area contributed by atoms with E-state index in [0.29, 0.717) is 6.42 Å². The molecule has 0 aromatic rings. The molecular formula is C61H111NO8. The van der Waals surface area contributed by atoms with Crippen molar-refractivity contribution in [1.29, 1.82) is 0 Å². The average Bonchev–Trinajstić information content (AvgIpc) is 3.36. The summed E-state index contributed by atoms with van der Waals surface area (Å²) in [5, 5.41) is 54.4. The Hall–Kier alpha value is -2.11. The Morgan fingerprint density at radius 2 is 0.857 bits per heavy atom. The molecule has 408 valence electrons. The van der Waals surface area contributed by atoms with Crippen molar-refractivity contribution in [3.8, 4) is 0 Å². The maximum Gasteiger partial charge on any atom is 0.220 e. The van der Waals surface area contributed by atoms with Crippen LogP contribution in [-0.4, -0.2) is 87.5 Å². The van der Waals surface area contributed by atoms with Gasteiger partial charge in [-0.25, -0.2) is 0 Å². The zero-order valence-corrected chi connectivity index (χ0v) is 45.3. The SMILES string of the molecule is CCCCCC/C=C/CC/C=C/CC/C=C/C(O)C(COC1OC(CO)C(O)C(O)C1O)NC(=O)CCCCCCCCCCCCCCCCCCC/C=C\C/C=C\CCCCCCCCCCC. The van der Waals surface area contributed by atoms with Gasteiger partial charge in [0, 0.05) is 6.42 Å². The molecule has 1 rings (SSSR count). The second-order valence-corrected chi connectivity index (χ2v) is 20.4. The quantitative estimate of drug-likeness (QED) is 0.0261. The smallest absolute Gasteiger partial charge is 0.220 e. The second kappa shape index (κ2) is 50.4. The third-order valence-corrected chi connectivity index (χ3v) is 13.8. The molecule has 70 heavy (non-hydrogen) atoms. The molecule has 1 aliphatic rings. The lowest BCUT2D eigenvalue weighted by Gasteiger charge is -2.40. The fourth-order valence-electron chi connectivity index (χ4n) is 9.10. The molecule has 9 heteroatoms. The van der Waals surface area contributed by atoms with Crippen LogP contribution in [-0.2, 0) is 14.3 Å². The van der Waals surface area contributed by atoms with Crippen molar-refractivity contribution in [3.63, 3.8) is 0 Å². The van der Waals surface area contributed by atoms with E-state index >= 15 is 0 Å². The van der Waals surface area contributed by atoms with Crippen molar-refractivity contribution in [2.45, 2.75) is 307 Å². The van der Waals surface area contributed by atoms with Crippen LogP contribution in [0.2, 0.25) is 0 Å². The van der Waals surface area contributed by atoms with Crippen molar-refractivity contribution < 1.29 is 39.8 Å². The molecule has 1 heterocycles. The van der Waals surface area contributed by atoms with E-state index in [1.54, 1.807) is 6.08 Å². The third-order valence-electron chi connectivity index (χ3n) is 13.8. The highest BCUT2D eigenvalue weighted by atomic mass is 16.7. The van der Waals surface area contributed by atoms with E-state index in [4.69, 9.17) is 9.47 Å². The highest BCUT2D eigenvalue weighted by Crippen LogP contribution is 2.23. The molecule has 0 radical (unpaired) electrons. The standard InChI is InChI=1S/C61H111NO8/c1-3-5-7-9-11-13-15-17-19-20-21-22-23-24-25-26-27-28-29-30-31-32-33-34-35-36-37-39-41-43-45-47-49-51-57(65)62-54(53-69-61-60(68)59(67)58(66)56(52-63)70-61)55(64)50-48-46-44-42-40-38-18-16-14-12-10-8-6-4-2/h14,16,21-22,24-25,40,42,48,50,54-56,58-61,63-64,66-68H,3-13,15,17-20,23,26-39,41,43-47,49,51-53H2,1-2H3,(H,62,65)/b16-14+,22-21-,25-24-,42-40+,50-48+. The van der Waals surface area contributed by atoms with Gasteiger partial charge >= 0.3 is 0 Å². The number of allylic oxidation sites excluding steroid dienone is 9. The van der Waals surface area contributed by atoms with Crippen LogP contribution in [0.1, 0.15) is 264 Å². The average molecular weight is 987 g/mol. The summed E-state index contributed by atoms with van der Waals surface area (Å²) in [5.41, 5.74) is 0. The number of aliphatic hydroxyl groups is 5. The minimum atomic E-state index is -1.58. The van der Waals surface area contributed by atoms with E-state index in [-0.39, 0.29) is 12.5 Å². The molecule has 0 bridgehead atoms. The Morgan fingerprint density at radius 3 is 1.30 bits per heavy atom. The molecule has 0 saturated carbocycles. The normalized spacial score (nSPS) is 19.8. The van der Waals surface area contributed by atoms with E-state index in [9.17, 15) is 30.3 Å². The summed E-state index contributed by atoms with van der Waals surface area (Å²) >= 11 is 0. The van der Waals surface area contributed by atoms with Crippen LogP contribution in [0.15, 0.2) is 60.8 Å². The second-order valence-electron chi connectivity index (χ2n) is 20.4. The summed E-state index contributed by atoms with van der Waals surface area (Å²) in [5.74, 6) is -0.190. The molecule has 7 unspecified atom stereocenters. The first-order valence-electron chi connectivity index (χ1n) is 29.5. The first-order chi connectivity index (χ1) is 34.3. The van der Waals surface area contributed by atoms with E-state index in [2.05, 4.69) is 67.8 Å². The predicted molar refractivity (Wildman–Crippen MR) is 295 cm³/mol. The molecular weight excluding hydrogens is 875 g/mol. The Labute approximate surface area is 430 Å². The number of nitrogens with one attached hydrogen (secondary N) is 1. The molecule has 6 N–H and O–H groups in total. The molecule has 1 saturated heterocycles. The number of aliphatic hydroxyl groups excluding tert-OH is 5. The Kier molecular flexibility index (Phi) is 47.5. The topological polar surface area (TPSA) is 149 Å². The molecule has 0 spiro atoms. The third kappa shape index (κ3) is 39.4. The fourth-order valence-corrected chi connectivity index (χ4v) is 9.10. The lowest BCUT2D eigenvalue weighted by molar-refractivity contribution is -0.302. The van der Waals surface area contributed by atoms with Gasteiger partial charge in [-0.05, 0) is 77.0 Å². The summed E-state index contributed by atoms with van der Waals surface area (Å²) in [4.78, 5) is 13.0. The number of hydrogen-bond acceptors (Lipinski definition) is 8. The van der Waals surface area contributed by atoms with Crippen molar-refractivity contribution in [3.05, 3.63) is 60.8 Å². The Balaban J connectivity index is 2.14. The van der Waals surface area contributed by atoms with Gasteiger partial charge in [-0.15, -0.1) is 0 Å². The van der Waals surface area contributed by atoms with Gasteiger partial charge in [0.25, 0.3) is 0 Å². The highest BCUT2D eigenvalue weighted by molar-refractivity contribution is 5.76. The molecule has 0 aromatic carbocycles. The summed E-state index contributed by atoms with van der Waals surface area (Å²) in [6.07, 6.45) is 61.6. The van der Waals surface area contributed by atoms with E-state index in [1.807, 2.05) is 6.08 Å². The van der Waals surface area contributed by atoms with Gasteiger partial charge in [-0.2, -0.15) is 0 Å². The summed E-state index contributed by atoms with van der Waals surface area (Å²) < 4.78 is 11.2. The molecule has 1 fully saturated rings. The van der Waals surface area contributed by atoms with Crippen molar-refractivity contribution in [1.82, 2.24) is 5.32 Å². The van der Waals surface area contributed by atoms with Gasteiger partial charge in [-0.3, -0.25) is 4.79 Å². The summed E-state index contributed by atoms with van der Waals surface area (Å²) in [6, 6.07) is -0.829. The fraction of sp³-hybridized carbons (Fsp3) is 0.820. The van der Waals surface area contributed by atoms with Crippen LogP contribution in [0.3, 0.4) is 0 Å². The van der Waals surface area contributed by atoms with Crippen LogP contribution in [0, 0.1) is 0 Å². The van der Waals surface area contributed by atoms with Gasteiger partial charge < -0.3 is 40.3 Å². The molecule has 7 atom stereocenters. The van der Waals surface area contributed by atoms with Crippen molar-refractivity contribution >= 4 is 5.91 Å². The first kappa shape index (κ1) is 65.9. The van der Waals surface area contributed by atoms with E-state index in [1.165, 1.54) is 186 Å². The van der Waals surface area contributed by atoms with Gasteiger partial charge in [0.1, 0.15) is 24.4 Å². The first-order valence-corrected chi connectivity index (χ1v) is 29.5. The van der Waals surface area contributed by atoms with E-state index in [0.717, 1.165) is 57.8 Å². The van der Waals surface area contributed by atoms with Gasteiger partial charge in [-0.1, -0.05) is 242 Å². The number of rotatable bonds is 50. The molecule has 0 aromatic heterocycles. The Bertz CT molecular complexity index is 1280. The number of amides is 1. The number of carbonyl (C=O) groups is 1. The van der Waals surface area contributed by atoms with E-state index < -0.39 is 49.5 Å².